The number of rotatable bonds is 5. The van der Waals surface area contributed by atoms with Gasteiger partial charge in [0.25, 0.3) is 0 Å². The highest BCUT2D eigenvalue weighted by Gasteiger charge is 2.59. The second kappa shape index (κ2) is 5.62. The van der Waals surface area contributed by atoms with Gasteiger partial charge in [0.2, 0.25) is 5.91 Å². The number of hydrogen-bond acceptors (Lipinski definition) is 4. The minimum atomic E-state index is -0.0218. The molecule has 2 heterocycles. The molecule has 0 radical (unpaired) electrons. The highest BCUT2D eigenvalue weighted by Crippen LogP contribution is 2.52. The van der Waals surface area contributed by atoms with Crippen molar-refractivity contribution >= 4 is 5.91 Å². The molecule has 3 fully saturated rings. The van der Waals surface area contributed by atoms with Gasteiger partial charge in [-0.15, -0.1) is 0 Å². The summed E-state index contributed by atoms with van der Waals surface area (Å²) < 4.78 is 16.7. The van der Waals surface area contributed by atoms with Crippen LogP contribution in [0.5, 0.6) is 0 Å². The molecule has 0 aromatic rings. The molecule has 3 aliphatic rings. The molecule has 1 amide bonds. The molecule has 5 heteroatoms. The topological polar surface area (TPSA) is 56.8 Å². The van der Waals surface area contributed by atoms with Crippen LogP contribution in [0, 0.1) is 11.3 Å². The van der Waals surface area contributed by atoms with Gasteiger partial charge in [0.15, 0.2) is 0 Å². The molecule has 20 heavy (non-hydrogen) atoms. The van der Waals surface area contributed by atoms with Crippen LogP contribution in [0.15, 0.2) is 0 Å². The lowest BCUT2D eigenvalue weighted by atomic mass is 9.57. The second-order valence-corrected chi connectivity index (χ2v) is 6.76. The van der Waals surface area contributed by atoms with Crippen LogP contribution in [0.3, 0.4) is 0 Å². The van der Waals surface area contributed by atoms with Gasteiger partial charge in [-0.3, -0.25) is 4.79 Å². The van der Waals surface area contributed by atoms with Crippen molar-refractivity contribution < 1.29 is 19.0 Å². The molecular formula is C15H25NO4. The van der Waals surface area contributed by atoms with E-state index < -0.39 is 0 Å². The van der Waals surface area contributed by atoms with Gasteiger partial charge in [-0.2, -0.15) is 0 Å². The minimum Gasteiger partial charge on any atom is -0.377 e. The minimum absolute atomic E-state index is 0.0218. The van der Waals surface area contributed by atoms with Crippen LogP contribution in [0.1, 0.15) is 33.1 Å². The highest BCUT2D eigenvalue weighted by atomic mass is 16.5. The Kier molecular flexibility index (Phi) is 4.02. The summed E-state index contributed by atoms with van der Waals surface area (Å²) in [6.45, 7) is 6.62. The van der Waals surface area contributed by atoms with E-state index in [2.05, 4.69) is 19.2 Å². The molecule has 4 atom stereocenters. The predicted molar refractivity (Wildman–Crippen MR) is 73.4 cm³/mol. The third-order valence-corrected chi connectivity index (χ3v) is 4.98. The summed E-state index contributed by atoms with van der Waals surface area (Å²) in [4.78, 5) is 12.0. The van der Waals surface area contributed by atoms with Gasteiger partial charge in [0.05, 0.1) is 18.8 Å². The SMILES string of the molecule is CC1(C)C(NC(=O)COCC2CCCO2)C2CCOC21. The van der Waals surface area contributed by atoms with Crippen molar-refractivity contribution in [3.8, 4) is 0 Å². The Morgan fingerprint density at radius 3 is 2.90 bits per heavy atom. The Hall–Kier alpha value is -0.650. The van der Waals surface area contributed by atoms with Crippen LogP contribution >= 0.6 is 0 Å². The van der Waals surface area contributed by atoms with Gasteiger partial charge in [0.1, 0.15) is 6.61 Å². The van der Waals surface area contributed by atoms with Gasteiger partial charge in [-0.1, -0.05) is 13.8 Å². The number of fused-ring (bicyclic) bond motifs is 1. The first-order chi connectivity index (χ1) is 9.59. The number of carbonyl (C=O) groups is 1. The number of ether oxygens (including phenoxy) is 3. The molecule has 5 nitrogen and oxygen atoms in total. The number of amides is 1. The molecule has 114 valence electrons. The lowest BCUT2D eigenvalue weighted by molar-refractivity contribution is -0.142. The van der Waals surface area contributed by atoms with Gasteiger partial charge >= 0.3 is 0 Å². The first-order valence-corrected chi connectivity index (χ1v) is 7.69. The number of hydrogen-bond donors (Lipinski definition) is 1. The molecule has 1 N–H and O–H groups in total. The highest BCUT2D eigenvalue weighted by molar-refractivity contribution is 5.77. The van der Waals surface area contributed by atoms with E-state index in [1.165, 1.54) is 0 Å². The van der Waals surface area contributed by atoms with Gasteiger partial charge in [-0.05, 0) is 19.3 Å². The van der Waals surface area contributed by atoms with Crippen LogP contribution < -0.4 is 5.32 Å². The quantitative estimate of drug-likeness (QED) is 0.821. The fourth-order valence-corrected chi connectivity index (χ4v) is 3.89. The van der Waals surface area contributed by atoms with Crippen molar-refractivity contribution in [1.29, 1.82) is 0 Å². The summed E-state index contributed by atoms with van der Waals surface area (Å²) in [6, 6.07) is 0.217. The van der Waals surface area contributed by atoms with Crippen LogP contribution in [0.25, 0.3) is 0 Å². The molecule has 0 aromatic carbocycles. The van der Waals surface area contributed by atoms with E-state index >= 15 is 0 Å². The molecular weight excluding hydrogens is 258 g/mol. The van der Waals surface area contributed by atoms with E-state index in [0.29, 0.717) is 18.6 Å². The van der Waals surface area contributed by atoms with E-state index in [-0.39, 0.29) is 30.1 Å². The Labute approximate surface area is 120 Å². The standard InChI is InChI=1S/C15H25NO4/c1-15(2)13(11-5-7-20-14(11)15)16-12(17)9-18-8-10-4-3-6-19-10/h10-11,13-14H,3-9H2,1-2H3,(H,16,17). The smallest absolute Gasteiger partial charge is 0.246 e. The molecule has 0 aromatic heterocycles. The van der Waals surface area contributed by atoms with Crippen LogP contribution in [-0.2, 0) is 19.0 Å². The van der Waals surface area contributed by atoms with Crippen molar-refractivity contribution in [2.24, 2.45) is 11.3 Å². The average Bonchev–Trinajstić information content (AvgIpc) is 3.06. The normalized spacial score (nSPS) is 38.3. The van der Waals surface area contributed by atoms with Gasteiger partial charge in [-0.25, -0.2) is 0 Å². The van der Waals surface area contributed by atoms with Crippen molar-refractivity contribution in [1.82, 2.24) is 5.32 Å². The summed E-state index contributed by atoms with van der Waals surface area (Å²) in [7, 11) is 0. The number of nitrogens with one attached hydrogen (secondary N) is 1. The Morgan fingerprint density at radius 2 is 2.15 bits per heavy atom. The zero-order valence-electron chi connectivity index (χ0n) is 12.4. The van der Waals surface area contributed by atoms with E-state index in [1.807, 2.05) is 0 Å². The maximum absolute atomic E-state index is 12.0. The Balaban J connectivity index is 1.40. The van der Waals surface area contributed by atoms with Gasteiger partial charge < -0.3 is 19.5 Å². The molecule has 2 saturated heterocycles. The molecule has 1 saturated carbocycles. The monoisotopic (exact) mass is 283 g/mol. The Morgan fingerprint density at radius 1 is 1.30 bits per heavy atom. The molecule has 2 aliphatic heterocycles. The third kappa shape index (κ3) is 2.59. The lowest BCUT2D eigenvalue weighted by Gasteiger charge is -2.54. The van der Waals surface area contributed by atoms with Gasteiger partial charge in [0, 0.05) is 30.6 Å². The molecule has 1 aliphatic carbocycles. The first kappa shape index (κ1) is 14.3. The largest absolute Gasteiger partial charge is 0.377 e. The summed E-state index contributed by atoms with van der Waals surface area (Å²) in [5.41, 5.74) is 0.0331. The molecule has 3 rings (SSSR count). The lowest BCUT2D eigenvalue weighted by Crippen LogP contribution is -2.67. The second-order valence-electron chi connectivity index (χ2n) is 6.76. The zero-order valence-corrected chi connectivity index (χ0v) is 12.4. The van der Waals surface area contributed by atoms with Crippen molar-refractivity contribution in [3.05, 3.63) is 0 Å². The third-order valence-electron chi connectivity index (χ3n) is 4.98. The maximum Gasteiger partial charge on any atom is 0.246 e. The predicted octanol–water partition coefficient (Wildman–Crippen LogP) is 1.11. The molecule has 4 unspecified atom stereocenters. The summed E-state index contributed by atoms with van der Waals surface area (Å²) in [6.07, 6.45) is 3.67. The first-order valence-electron chi connectivity index (χ1n) is 7.69. The van der Waals surface area contributed by atoms with Crippen LogP contribution in [0.4, 0.5) is 0 Å². The molecule has 0 spiro atoms. The summed E-state index contributed by atoms with van der Waals surface area (Å²) >= 11 is 0. The van der Waals surface area contributed by atoms with E-state index in [4.69, 9.17) is 14.2 Å². The van der Waals surface area contributed by atoms with Crippen LogP contribution in [0.2, 0.25) is 0 Å². The van der Waals surface area contributed by atoms with Crippen molar-refractivity contribution in [3.63, 3.8) is 0 Å². The van der Waals surface area contributed by atoms with Crippen molar-refractivity contribution in [2.45, 2.75) is 51.4 Å². The maximum atomic E-state index is 12.0. The van der Waals surface area contributed by atoms with E-state index in [9.17, 15) is 4.79 Å². The molecule has 0 bridgehead atoms. The number of carbonyl (C=O) groups excluding carboxylic acids is 1. The van der Waals surface area contributed by atoms with E-state index in [1.54, 1.807) is 0 Å². The Bertz CT molecular complexity index is 365. The van der Waals surface area contributed by atoms with Crippen molar-refractivity contribution in [2.75, 3.05) is 26.4 Å². The van der Waals surface area contributed by atoms with E-state index in [0.717, 1.165) is 32.5 Å². The summed E-state index contributed by atoms with van der Waals surface area (Å²) in [5.74, 6) is 0.457. The zero-order chi connectivity index (χ0) is 14.2. The van der Waals surface area contributed by atoms with Crippen LogP contribution in [-0.4, -0.2) is 50.6 Å². The average molecular weight is 283 g/mol. The summed E-state index contributed by atoms with van der Waals surface area (Å²) in [5, 5.41) is 3.12. The fraction of sp³-hybridized carbons (Fsp3) is 0.933. The fourth-order valence-electron chi connectivity index (χ4n) is 3.89.